The minimum absolute atomic E-state index is 0.00788. The molecule has 2 amide bonds. The number of nitrogens with zero attached hydrogens (tertiary/aromatic N) is 1. The van der Waals surface area contributed by atoms with Gasteiger partial charge in [-0.1, -0.05) is 47.5 Å². The molecule has 150 valence electrons. The summed E-state index contributed by atoms with van der Waals surface area (Å²) < 4.78 is 5.09. The van der Waals surface area contributed by atoms with Gasteiger partial charge in [0.05, 0.1) is 12.5 Å². The van der Waals surface area contributed by atoms with Crippen LogP contribution in [0.3, 0.4) is 0 Å². The van der Waals surface area contributed by atoms with Crippen LogP contribution in [0.2, 0.25) is 0 Å². The Morgan fingerprint density at radius 2 is 1.76 bits per heavy atom. The lowest BCUT2D eigenvalue weighted by molar-refractivity contribution is -0.147. The number of carbonyl (C=O) groups excluding carboxylic acids is 4. The number of nitrogens with one attached hydrogen (secondary N) is 1. The van der Waals surface area contributed by atoms with E-state index in [0.717, 1.165) is 16.1 Å². The topological polar surface area (TPSA) is 92.8 Å². The van der Waals surface area contributed by atoms with Crippen LogP contribution in [0.5, 0.6) is 0 Å². The van der Waals surface area contributed by atoms with E-state index in [9.17, 15) is 19.2 Å². The lowest BCUT2D eigenvalue weighted by Crippen LogP contribution is -2.43. The number of hydrogen-bond donors (Lipinski definition) is 1. The molecule has 0 bridgehead atoms. The number of ketones is 1. The van der Waals surface area contributed by atoms with Crippen LogP contribution < -0.4 is 5.43 Å². The van der Waals surface area contributed by atoms with Crippen molar-refractivity contribution in [2.24, 2.45) is 5.92 Å². The van der Waals surface area contributed by atoms with Gasteiger partial charge in [-0.15, -0.1) is 0 Å². The van der Waals surface area contributed by atoms with E-state index in [2.05, 4.69) is 5.43 Å². The summed E-state index contributed by atoms with van der Waals surface area (Å²) in [5, 5.41) is 1.12. The predicted molar refractivity (Wildman–Crippen MR) is 105 cm³/mol. The lowest BCUT2D eigenvalue weighted by atomic mass is 10.1. The standard InChI is InChI=1S/C22H22N2O5/c1-14-6-8-16(9-7-14)19(25)13-29-22(28)18-11-20(26)24(12-18)23-21(27)17-5-3-4-15(2)10-17/h3-10,18H,11-13H2,1-2H3,(H,23,27). The molecule has 1 fully saturated rings. The molecule has 0 saturated carbocycles. The van der Waals surface area contributed by atoms with Gasteiger partial charge in [0, 0.05) is 17.5 Å². The van der Waals surface area contributed by atoms with E-state index in [-0.39, 0.29) is 31.3 Å². The zero-order valence-electron chi connectivity index (χ0n) is 16.3. The molecule has 7 nitrogen and oxygen atoms in total. The minimum atomic E-state index is -0.730. The van der Waals surface area contributed by atoms with Crippen molar-refractivity contribution in [1.82, 2.24) is 10.4 Å². The van der Waals surface area contributed by atoms with E-state index < -0.39 is 17.8 Å². The van der Waals surface area contributed by atoms with Crippen molar-refractivity contribution in [3.63, 3.8) is 0 Å². The number of rotatable bonds is 6. The highest BCUT2D eigenvalue weighted by molar-refractivity contribution is 5.99. The first-order valence-electron chi connectivity index (χ1n) is 9.28. The van der Waals surface area contributed by atoms with Crippen molar-refractivity contribution >= 4 is 23.6 Å². The number of Topliss-reactive ketones (excluding diaryl/α,β-unsaturated/α-hetero) is 1. The van der Waals surface area contributed by atoms with Crippen LogP contribution in [0.4, 0.5) is 0 Å². The van der Waals surface area contributed by atoms with Gasteiger partial charge in [0.25, 0.3) is 5.91 Å². The van der Waals surface area contributed by atoms with Crippen LogP contribution in [0.15, 0.2) is 48.5 Å². The first kappa shape index (κ1) is 20.3. The number of benzene rings is 2. The maximum atomic E-state index is 12.3. The molecule has 1 unspecified atom stereocenters. The fourth-order valence-electron chi connectivity index (χ4n) is 3.02. The van der Waals surface area contributed by atoms with Crippen molar-refractivity contribution in [2.45, 2.75) is 20.3 Å². The summed E-state index contributed by atoms with van der Waals surface area (Å²) in [6.45, 7) is 3.40. The maximum Gasteiger partial charge on any atom is 0.311 e. The summed E-state index contributed by atoms with van der Waals surface area (Å²) in [6.07, 6.45) is -0.0777. The number of ether oxygens (including phenoxy) is 1. The molecule has 1 aliphatic rings. The van der Waals surface area contributed by atoms with Gasteiger partial charge in [0.1, 0.15) is 0 Å². The zero-order chi connectivity index (χ0) is 21.0. The third-order valence-electron chi connectivity index (χ3n) is 4.69. The van der Waals surface area contributed by atoms with E-state index in [1.165, 1.54) is 0 Å². The van der Waals surface area contributed by atoms with Crippen LogP contribution >= 0.6 is 0 Å². The minimum Gasteiger partial charge on any atom is -0.457 e. The average molecular weight is 394 g/mol. The van der Waals surface area contributed by atoms with E-state index in [4.69, 9.17) is 4.74 Å². The molecule has 0 aliphatic carbocycles. The largest absolute Gasteiger partial charge is 0.457 e. The smallest absolute Gasteiger partial charge is 0.311 e. The maximum absolute atomic E-state index is 12.3. The van der Waals surface area contributed by atoms with E-state index in [1.807, 2.05) is 19.9 Å². The van der Waals surface area contributed by atoms with Crippen LogP contribution in [-0.2, 0) is 14.3 Å². The Morgan fingerprint density at radius 3 is 2.45 bits per heavy atom. The van der Waals surface area contributed by atoms with Crippen molar-refractivity contribution in [1.29, 1.82) is 0 Å². The fourth-order valence-corrected chi connectivity index (χ4v) is 3.02. The van der Waals surface area contributed by atoms with Crippen molar-refractivity contribution in [3.8, 4) is 0 Å². The first-order chi connectivity index (χ1) is 13.8. The number of aryl methyl sites for hydroxylation is 2. The van der Waals surface area contributed by atoms with Crippen molar-refractivity contribution in [3.05, 3.63) is 70.8 Å². The van der Waals surface area contributed by atoms with E-state index in [1.54, 1.807) is 42.5 Å². The highest BCUT2D eigenvalue weighted by Gasteiger charge is 2.36. The molecule has 1 atom stereocenters. The normalized spacial score (nSPS) is 15.9. The monoisotopic (exact) mass is 394 g/mol. The molecule has 1 heterocycles. The summed E-state index contributed by atoms with van der Waals surface area (Å²) in [6, 6.07) is 13.9. The molecule has 3 rings (SSSR count). The van der Waals surface area contributed by atoms with Gasteiger partial charge in [-0.25, -0.2) is 0 Å². The van der Waals surface area contributed by atoms with Gasteiger partial charge in [-0.3, -0.25) is 29.6 Å². The highest BCUT2D eigenvalue weighted by atomic mass is 16.5. The summed E-state index contributed by atoms with van der Waals surface area (Å²) in [4.78, 5) is 48.8. The summed E-state index contributed by atoms with van der Waals surface area (Å²) in [5.41, 5.74) is 5.35. The molecule has 2 aromatic rings. The molecule has 7 heteroatoms. The number of carbonyl (C=O) groups is 4. The number of esters is 1. The molecule has 2 aromatic carbocycles. The van der Waals surface area contributed by atoms with Gasteiger partial charge in [0.2, 0.25) is 5.91 Å². The Bertz CT molecular complexity index is 952. The molecule has 0 aromatic heterocycles. The molecule has 1 saturated heterocycles. The van der Waals surface area contributed by atoms with Gasteiger partial charge in [-0.2, -0.15) is 0 Å². The van der Waals surface area contributed by atoms with Gasteiger partial charge in [0.15, 0.2) is 12.4 Å². The van der Waals surface area contributed by atoms with Crippen LogP contribution in [0.1, 0.15) is 38.3 Å². The zero-order valence-corrected chi connectivity index (χ0v) is 16.3. The summed E-state index contributed by atoms with van der Waals surface area (Å²) >= 11 is 0. The van der Waals surface area contributed by atoms with E-state index >= 15 is 0 Å². The molecule has 1 aliphatic heterocycles. The summed E-state index contributed by atoms with van der Waals surface area (Å²) in [7, 11) is 0. The molecular formula is C22H22N2O5. The number of hydrogen-bond acceptors (Lipinski definition) is 5. The highest BCUT2D eigenvalue weighted by Crippen LogP contribution is 2.18. The Balaban J connectivity index is 1.52. The third kappa shape index (κ3) is 5.07. The second kappa shape index (κ2) is 8.68. The van der Waals surface area contributed by atoms with Crippen LogP contribution in [0, 0.1) is 19.8 Å². The summed E-state index contributed by atoms with van der Waals surface area (Å²) in [5.74, 6) is -2.48. The lowest BCUT2D eigenvalue weighted by Gasteiger charge is -2.17. The molecular weight excluding hydrogens is 372 g/mol. The third-order valence-corrected chi connectivity index (χ3v) is 4.69. The molecule has 1 N–H and O–H groups in total. The number of hydrazine groups is 1. The van der Waals surface area contributed by atoms with Crippen LogP contribution in [0.25, 0.3) is 0 Å². The van der Waals surface area contributed by atoms with Crippen LogP contribution in [-0.4, -0.2) is 41.7 Å². The Morgan fingerprint density at radius 1 is 1.03 bits per heavy atom. The SMILES string of the molecule is Cc1ccc(C(=O)COC(=O)C2CC(=O)N(NC(=O)c3cccc(C)c3)C2)cc1. The second-order valence-corrected chi connectivity index (χ2v) is 7.11. The predicted octanol–water partition coefficient (Wildman–Crippen LogP) is 2.22. The van der Waals surface area contributed by atoms with Gasteiger partial charge < -0.3 is 4.74 Å². The van der Waals surface area contributed by atoms with Crippen molar-refractivity contribution in [2.75, 3.05) is 13.2 Å². The Labute approximate surface area is 168 Å². The van der Waals surface area contributed by atoms with Crippen molar-refractivity contribution < 1.29 is 23.9 Å². The molecule has 0 spiro atoms. The van der Waals surface area contributed by atoms with E-state index in [0.29, 0.717) is 11.1 Å². The molecule has 0 radical (unpaired) electrons. The van der Waals surface area contributed by atoms with Gasteiger partial charge >= 0.3 is 5.97 Å². The van der Waals surface area contributed by atoms with Gasteiger partial charge in [-0.05, 0) is 26.0 Å². The fraction of sp³-hybridized carbons (Fsp3) is 0.273. The number of amides is 2. The molecule has 29 heavy (non-hydrogen) atoms. The second-order valence-electron chi connectivity index (χ2n) is 7.11. The Kier molecular flexibility index (Phi) is 6.07. The first-order valence-corrected chi connectivity index (χ1v) is 9.28. The average Bonchev–Trinajstić information content (AvgIpc) is 3.07. The quantitative estimate of drug-likeness (QED) is 0.599. The Hall–Kier alpha value is -3.48.